The molecule has 0 spiro atoms. The molecule has 5 heteroatoms. The second-order valence-corrected chi connectivity index (χ2v) is 6.86. The van der Waals surface area contributed by atoms with Crippen LogP contribution in [-0.2, 0) is 4.74 Å². The number of anilines is 1. The minimum atomic E-state index is -0.508. The molecular formula is C21H25FN2O2. The lowest BCUT2D eigenvalue weighted by atomic mass is 10.0. The number of nitrogens with one attached hydrogen (secondary N) is 1. The lowest BCUT2D eigenvalue weighted by Crippen LogP contribution is -2.27. The van der Waals surface area contributed by atoms with E-state index in [4.69, 9.17) is 4.74 Å². The zero-order valence-electron chi connectivity index (χ0n) is 15.3. The lowest BCUT2D eigenvalue weighted by molar-refractivity contribution is 0.147. The number of likely N-dealkylation sites (tertiary alicyclic amines) is 1. The normalized spacial score (nSPS) is 17.3. The molecule has 0 saturated carbocycles. The molecule has 1 atom stereocenters. The zero-order valence-corrected chi connectivity index (χ0v) is 15.3. The van der Waals surface area contributed by atoms with Crippen LogP contribution in [0.2, 0.25) is 0 Å². The summed E-state index contributed by atoms with van der Waals surface area (Å²) in [5.41, 5.74) is 2.61. The van der Waals surface area contributed by atoms with Crippen molar-refractivity contribution in [1.29, 1.82) is 0 Å². The van der Waals surface area contributed by atoms with Gasteiger partial charge in [-0.1, -0.05) is 29.8 Å². The first kappa shape index (κ1) is 18.4. The Bertz CT molecular complexity index is 778. The van der Waals surface area contributed by atoms with E-state index in [1.54, 1.807) is 30.3 Å². The minimum absolute atomic E-state index is 0.317. The lowest BCUT2D eigenvalue weighted by Gasteiger charge is -2.19. The third-order valence-corrected chi connectivity index (χ3v) is 4.93. The van der Waals surface area contributed by atoms with Crippen molar-refractivity contribution >= 4 is 11.8 Å². The molecule has 1 heterocycles. The Hall–Kier alpha value is -2.40. The van der Waals surface area contributed by atoms with Crippen molar-refractivity contribution in [2.45, 2.75) is 32.2 Å². The molecule has 2 aromatic carbocycles. The molecule has 1 fully saturated rings. The van der Waals surface area contributed by atoms with Gasteiger partial charge in [0, 0.05) is 17.2 Å². The molecule has 1 amide bonds. The van der Waals surface area contributed by atoms with E-state index >= 15 is 0 Å². The molecule has 1 N–H and O–H groups in total. The van der Waals surface area contributed by atoms with E-state index in [2.05, 4.69) is 17.3 Å². The maximum Gasteiger partial charge on any atom is 0.411 e. The van der Waals surface area contributed by atoms with Crippen LogP contribution in [0.15, 0.2) is 42.5 Å². The van der Waals surface area contributed by atoms with E-state index in [0.717, 1.165) is 24.9 Å². The summed E-state index contributed by atoms with van der Waals surface area (Å²) in [5.74, 6) is -0.317. The first-order valence-corrected chi connectivity index (χ1v) is 9.04. The Morgan fingerprint density at radius 3 is 2.85 bits per heavy atom. The number of ether oxygens (including phenoxy) is 1. The van der Waals surface area contributed by atoms with Crippen LogP contribution in [0.25, 0.3) is 11.1 Å². The van der Waals surface area contributed by atoms with Crippen LogP contribution in [0.1, 0.15) is 24.8 Å². The molecule has 1 aliphatic rings. The first-order chi connectivity index (χ1) is 12.5. The van der Waals surface area contributed by atoms with Crippen molar-refractivity contribution in [3.05, 3.63) is 53.8 Å². The largest absolute Gasteiger partial charge is 0.449 e. The predicted octanol–water partition coefficient (Wildman–Crippen LogP) is 4.83. The molecule has 26 heavy (non-hydrogen) atoms. The summed E-state index contributed by atoms with van der Waals surface area (Å²) in [4.78, 5) is 14.5. The number of carbonyl (C=O) groups excluding carboxylic acids is 1. The van der Waals surface area contributed by atoms with E-state index in [0.29, 0.717) is 29.5 Å². The topological polar surface area (TPSA) is 41.6 Å². The van der Waals surface area contributed by atoms with Gasteiger partial charge >= 0.3 is 6.09 Å². The maximum atomic E-state index is 14.2. The number of aryl methyl sites for hydroxylation is 1. The highest BCUT2D eigenvalue weighted by atomic mass is 19.1. The second kappa shape index (κ2) is 8.32. The fourth-order valence-electron chi connectivity index (χ4n) is 3.45. The molecule has 0 bridgehead atoms. The van der Waals surface area contributed by atoms with Gasteiger partial charge in [0.1, 0.15) is 5.82 Å². The van der Waals surface area contributed by atoms with Crippen LogP contribution in [-0.4, -0.2) is 37.2 Å². The van der Waals surface area contributed by atoms with Gasteiger partial charge in [0.05, 0.1) is 12.3 Å². The van der Waals surface area contributed by atoms with Gasteiger partial charge in [-0.05, 0) is 58.0 Å². The van der Waals surface area contributed by atoms with Crippen molar-refractivity contribution in [2.24, 2.45) is 0 Å². The monoisotopic (exact) mass is 356 g/mol. The molecule has 0 aliphatic carbocycles. The average molecular weight is 356 g/mol. The Labute approximate surface area is 154 Å². The number of halogens is 1. The van der Waals surface area contributed by atoms with Crippen molar-refractivity contribution in [1.82, 2.24) is 4.90 Å². The SMILES string of the molecule is Cc1ccc(F)c(-c2ccccc2NC(=O)OCCC2CCCN2C)c1. The van der Waals surface area contributed by atoms with Crippen LogP contribution >= 0.6 is 0 Å². The van der Waals surface area contributed by atoms with Gasteiger partial charge in [-0.25, -0.2) is 9.18 Å². The van der Waals surface area contributed by atoms with E-state index in [-0.39, 0.29) is 5.82 Å². The van der Waals surface area contributed by atoms with Gasteiger partial charge in [0.2, 0.25) is 0 Å². The van der Waals surface area contributed by atoms with E-state index in [9.17, 15) is 9.18 Å². The van der Waals surface area contributed by atoms with Crippen LogP contribution in [0.3, 0.4) is 0 Å². The summed E-state index contributed by atoms with van der Waals surface area (Å²) < 4.78 is 19.6. The molecule has 3 rings (SSSR count). The fraction of sp³-hybridized carbons (Fsp3) is 0.381. The Kier molecular flexibility index (Phi) is 5.89. The van der Waals surface area contributed by atoms with Crippen molar-refractivity contribution < 1.29 is 13.9 Å². The third-order valence-electron chi connectivity index (χ3n) is 4.93. The number of para-hydroxylation sites is 1. The number of hydrogen-bond donors (Lipinski definition) is 1. The highest BCUT2D eigenvalue weighted by Crippen LogP contribution is 2.30. The summed E-state index contributed by atoms with van der Waals surface area (Å²) in [6.07, 6.45) is 2.67. The number of hydrogen-bond acceptors (Lipinski definition) is 3. The maximum absolute atomic E-state index is 14.2. The highest BCUT2D eigenvalue weighted by Gasteiger charge is 2.21. The van der Waals surface area contributed by atoms with Gasteiger partial charge < -0.3 is 9.64 Å². The fourth-order valence-corrected chi connectivity index (χ4v) is 3.45. The summed E-state index contributed by atoms with van der Waals surface area (Å²) in [6, 6.07) is 12.6. The first-order valence-electron chi connectivity index (χ1n) is 9.04. The average Bonchev–Trinajstić information content (AvgIpc) is 3.03. The molecule has 2 aromatic rings. The van der Waals surface area contributed by atoms with Gasteiger partial charge in [0.15, 0.2) is 0 Å². The van der Waals surface area contributed by atoms with Crippen LogP contribution in [0, 0.1) is 12.7 Å². The standard InChI is InChI=1S/C21H25FN2O2/c1-15-9-10-19(22)18(14-15)17-7-3-4-8-20(17)23-21(25)26-13-11-16-6-5-12-24(16)2/h3-4,7-10,14,16H,5-6,11-13H2,1-2H3,(H,23,25). The van der Waals surface area contributed by atoms with Gasteiger partial charge in [-0.3, -0.25) is 5.32 Å². The van der Waals surface area contributed by atoms with Crippen LogP contribution in [0.5, 0.6) is 0 Å². The number of rotatable bonds is 5. The second-order valence-electron chi connectivity index (χ2n) is 6.86. The summed E-state index contributed by atoms with van der Waals surface area (Å²) in [7, 11) is 2.10. The third kappa shape index (κ3) is 4.41. The smallest absolute Gasteiger partial charge is 0.411 e. The molecule has 1 saturated heterocycles. The molecular weight excluding hydrogens is 331 g/mol. The molecule has 1 aliphatic heterocycles. The minimum Gasteiger partial charge on any atom is -0.449 e. The molecule has 4 nitrogen and oxygen atoms in total. The molecule has 138 valence electrons. The number of benzene rings is 2. The Morgan fingerprint density at radius 2 is 2.08 bits per heavy atom. The number of nitrogens with zero attached hydrogens (tertiary/aromatic N) is 1. The molecule has 0 aromatic heterocycles. The van der Waals surface area contributed by atoms with Crippen molar-refractivity contribution in [3.8, 4) is 11.1 Å². The van der Waals surface area contributed by atoms with Gasteiger partial charge in [-0.2, -0.15) is 0 Å². The number of carbonyl (C=O) groups is 1. The predicted molar refractivity (Wildman–Crippen MR) is 102 cm³/mol. The quantitative estimate of drug-likeness (QED) is 0.834. The highest BCUT2D eigenvalue weighted by molar-refractivity contribution is 5.91. The summed E-state index contributed by atoms with van der Waals surface area (Å²) in [5, 5.41) is 2.75. The summed E-state index contributed by atoms with van der Waals surface area (Å²) in [6.45, 7) is 3.39. The van der Waals surface area contributed by atoms with Gasteiger partial charge in [0.25, 0.3) is 0 Å². The van der Waals surface area contributed by atoms with E-state index in [1.165, 1.54) is 12.5 Å². The molecule has 1 unspecified atom stereocenters. The van der Waals surface area contributed by atoms with Crippen LogP contribution < -0.4 is 5.32 Å². The molecule has 0 radical (unpaired) electrons. The van der Waals surface area contributed by atoms with E-state index in [1.807, 2.05) is 13.0 Å². The van der Waals surface area contributed by atoms with Crippen LogP contribution in [0.4, 0.5) is 14.9 Å². The van der Waals surface area contributed by atoms with Crippen molar-refractivity contribution in [3.63, 3.8) is 0 Å². The Balaban J connectivity index is 1.64. The van der Waals surface area contributed by atoms with Crippen molar-refractivity contribution in [2.75, 3.05) is 25.5 Å². The zero-order chi connectivity index (χ0) is 18.5. The van der Waals surface area contributed by atoms with Gasteiger partial charge in [-0.15, -0.1) is 0 Å². The Morgan fingerprint density at radius 1 is 1.27 bits per heavy atom. The number of amides is 1. The summed E-state index contributed by atoms with van der Waals surface area (Å²) >= 11 is 0. The van der Waals surface area contributed by atoms with E-state index < -0.39 is 6.09 Å².